The molecule has 4 amide bonds. The normalized spacial score (nSPS) is 17.4. The molecule has 0 bridgehead atoms. The Bertz CT molecular complexity index is 3180. The average Bonchev–Trinajstić information content (AvgIpc) is 1.58. The Morgan fingerprint density at radius 1 is 0.450 bits per heavy atom. The van der Waals surface area contributed by atoms with Gasteiger partial charge in [0.15, 0.2) is 0 Å². The number of carbonyl (C=O) groups is 6. The summed E-state index contributed by atoms with van der Waals surface area (Å²) in [6.45, 7) is 31.3. The number of aliphatic imine (C=N–C) groups is 1. The van der Waals surface area contributed by atoms with Gasteiger partial charge in [-0.3, -0.25) is 23.7 Å². The molecule has 5 saturated heterocycles. The predicted molar refractivity (Wildman–Crippen MR) is 373 cm³/mol. The van der Waals surface area contributed by atoms with Crippen LogP contribution in [0.15, 0.2) is 65.7 Å². The smallest absolute Gasteiger partial charge is 0.410 e. The van der Waals surface area contributed by atoms with Crippen molar-refractivity contribution in [3.8, 4) is 0 Å². The minimum atomic E-state index is -0.492. The molecule has 0 aliphatic carbocycles. The number of aromatic nitrogens is 8. The number of rotatable bonds is 11. The zero-order chi connectivity index (χ0) is 73.8. The molecule has 100 heavy (non-hydrogen) atoms. The highest BCUT2D eigenvalue weighted by atomic mass is 16.6. The van der Waals surface area contributed by atoms with Crippen LogP contribution in [0.5, 0.6) is 0 Å². The Balaban J connectivity index is 0.000000220. The van der Waals surface area contributed by atoms with Crippen LogP contribution in [0.4, 0.5) is 19.2 Å². The summed E-state index contributed by atoms with van der Waals surface area (Å²) in [5.41, 5.74) is 2.31. The first-order chi connectivity index (χ1) is 47.3. The molecule has 3 N–H and O–H groups in total. The lowest BCUT2D eigenvalue weighted by atomic mass is 10.1. The first kappa shape index (κ1) is 82.7. The second-order valence-corrected chi connectivity index (χ2v) is 28.9. The molecule has 560 valence electrons. The van der Waals surface area contributed by atoms with Crippen molar-refractivity contribution in [3.63, 3.8) is 0 Å². The van der Waals surface area contributed by atoms with E-state index in [9.17, 15) is 39.0 Å². The van der Waals surface area contributed by atoms with Crippen LogP contribution in [-0.4, -0.2) is 240 Å². The highest BCUT2D eigenvalue weighted by Gasteiger charge is 2.33. The molecular weight excluding hydrogens is 1290 g/mol. The number of hydrogen-bond donors (Lipinski definition) is 3. The molecule has 5 fully saturated rings. The summed E-state index contributed by atoms with van der Waals surface area (Å²) in [5.74, 6) is -0.681. The number of aliphatic hydroxyl groups is 2. The Morgan fingerprint density at radius 3 is 1.10 bits per heavy atom. The van der Waals surface area contributed by atoms with Gasteiger partial charge < -0.3 is 73.0 Å². The molecule has 0 saturated carbocycles. The Kier molecular flexibility index (Phi) is 33.0. The van der Waals surface area contributed by atoms with Gasteiger partial charge >= 0.3 is 36.3 Å². The number of likely N-dealkylation sites (tertiary alicyclic amines) is 4. The van der Waals surface area contributed by atoms with Crippen molar-refractivity contribution in [1.29, 1.82) is 0 Å². The second kappa shape index (κ2) is 39.9. The van der Waals surface area contributed by atoms with Crippen molar-refractivity contribution in [1.82, 2.24) is 64.0 Å². The van der Waals surface area contributed by atoms with Gasteiger partial charge in [0.05, 0.1) is 93.5 Å². The van der Waals surface area contributed by atoms with Gasteiger partial charge in [0.25, 0.3) is 0 Å². The highest BCUT2D eigenvalue weighted by Crippen LogP contribution is 2.29. The minimum absolute atomic E-state index is 0.00766. The first-order valence-corrected chi connectivity index (χ1v) is 34.6. The molecule has 10 rings (SSSR count). The van der Waals surface area contributed by atoms with E-state index in [1.807, 2.05) is 117 Å². The third-order valence-electron chi connectivity index (χ3n) is 16.3. The van der Waals surface area contributed by atoms with E-state index in [4.69, 9.17) is 33.2 Å². The molecular formula is C70H114N14O16. The van der Waals surface area contributed by atoms with Crippen molar-refractivity contribution in [2.24, 2.45) is 4.99 Å². The molecule has 4 aromatic heterocycles. The number of nitrogens with one attached hydrogen (secondary N) is 1. The number of amides is 4. The Labute approximate surface area is 589 Å². The Morgan fingerprint density at radius 2 is 0.770 bits per heavy atom. The van der Waals surface area contributed by atoms with Crippen molar-refractivity contribution in [2.75, 3.05) is 100 Å². The number of esters is 2. The standard InChI is InChI=1S/C15H23N3O4.C15H25N3O3.C14H23N3O3.C10H17N3O.C10H19NO3.C6H7NO2/c1-15(2,3)22-14(20)17-9-6-11(7-10-17)18-12(5-8-16-18)13(19)21-4;1-15(2,3)21-14(19)17-9-6-12(7-10-17)18-13(11-20-4)5-8-16-18;1-14(2,3)20-13(19)16-8-5-11(6-9-16)17-12(10-18)4-7-15-17;1-14-8-10-4-7-12-13(10)9-2-5-11-6-3-9;1-10(2,3)14-9(13)11-6-4-8(12)5-7-11;1-9-6(8)5-2-3-7-4-5/h5,8,11H,6-7,9-10H2,1-4H3;5,8,12H,6-7,9-11H2,1-4H3;4,7,11,18H,5-6,8-10H2,1-3H3;4,7,9,11H,2-3,5-6,8H2,1H3;8,12H,4-7H2,1-3H3;2-3H,4H2,1H3. The van der Waals surface area contributed by atoms with Crippen LogP contribution in [0.2, 0.25) is 0 Å². The van der Waals surface area contributed by atoms with E-state index in [0.29, 0.717) is 108 Å². The maximum Gasteiger partial charge on any atom is 0.410 e. The summed E-state index contributed by atoms with van der Waals surface area (Å²) in [4.78, 5) is 80.6. The van der Waals surface area contributed by atoms with Gasteiger partial charge in [-0.1, -0.05) is 0 Å². The topological polar surface area (TPSA) is 325 Å². The lowest BCUT2D eigenvalue weighted by molar-refractivity contribution is -0.136. The number of allylic oxidation sites excluding steroid dienone is 1. The average molecular weight is 1410 g/mol. The van der Waals surface area contributed by atoms with Crippen LogP contribution in [-0.2, 0) is 62.5 Å². The van der Waals surface area contributed by atoms with Gasteiger partial charge in [-0.15, -0.1) is 0 Å². The SMILES string of the molecule is CC(C)(C)OC(=O)N1CCC(O)CC1.CC(C)(C)OC(=O)N1CCC(n2nccc2CO)CC1.COC(=O)C1=CC=NC1.COC(=O)c1ccnn1C1CCN(C(=O)OC(C)(C)C)CC1.COCc1ccnn1C1CCN(C(=O)OC(C)(C)C)CC1.COCc1ccnn1C1CCNCC1. The van der Waals surface area contributed by atoms with E-state index >= 15 is 0 Å². The number of nitrogens with zero attached hydrogens (tertiary/aromatic N) is 13. The van der Waals surface area contributed by atoms with E-state index in [0.717, 1.165) is 63.0 Å². The molecule has 30 heteroatoms. The summed E-state index contributed by atoms with van der Waals surface area (Å²) >= 11 is 0. The van der Waals surface area contributed by atoms with Crippen molar-refractivity contribution >= 4 is 42.5 Å². The number of ether oxygens (including phenoxy) is 8. The van der Waals surface area contributed by atoms with Crippen LogP contribution in [0, 0.1) is 0 Å². The monoisotopic (exact) mass is 1410 g/mol. The van der Waals surface area contributed by atoms with E-state index < -0.39 is 28.4 Å². The molecule has 0 spiro atoms. The van der Waals surface area contributed by atoms with Crippen LogP contribution in [0.3, 0.4) is 0 Å². The third kappa shape index (κ3) is 28.2. The summed E-state index contributed by atoms with van der Waals surface area (Å²) < 4.78 is 48.6. The van der Waals surface area contributed by atoms with E-state index in [-0.39, 0.29) is 55.1 Å². The van der Waals surface area contributed by atoms with Gasteiger partial charge in [0.2, 0.25) is 0 Å². The van der Waals surface area contributed by atoms with Gasteiger partial charge in [-0.2, -0.15) is 20.4 Å². The molecule has 0 aromatic carbocycles. The molecule has 10 heterocycles. The fraction of sp³-hybridized carbons (Fsp3) is 0.700. The van der Waals surface area contributed by atoms with Crippen molar-refractivity contribution in [3.05, 3.63) is 83.5 Å². The lowest BCUT2D eigenvalue weighted by Crippen LogP contribution is -2.42. The fourth-order valence-electron chi connectivity index (χ4n) is 11.4. The van der Waals surface area contributed by atoms with Crippen LogP contribution in [0.1, 0.15) is 199 Å². The third-order valence-corrected chi connectivity index (χ3v) is 16.3. The van der Waals surface area contributed by atoms with Crippen molar-refractivity contribution < 1.29 is 76.9 Å². The van der Waals surface area contributed by atoms with Crippen molar-refractivity contribution in [2.45, 2.75) is 220 Å². The quantitative estimate of drug-likeness (QED) is 0.0929. The molecule has 0 atom stereocenters. The minimum Gasteiger partial charge on any atom is -0.466 e. The van der Waals surface area contributed by atoms with E-state index in [1.165, 1.54) is 32.8 Å². The maximum atomic E-state index is 12.0. The largest absolute Gasteiger partial charge is 0.466 e. The molecule has 6 aliphatic heterocycles. The summed E-state index contributed by atoms with van der Waals surface area (Å²) in [5, 5.41) is 39.1. The first-order valence-electron chi connectivity index (χ1n) is 34.6. The van der Waals surface area contributed by atoms with Gasteiger partial charge in [-0.25, -0.2) is 28.8 Å². The number of carbonyl (C=O) groups excluding carboxylic acids is 6. The summed E-state index contributed by atoms with van der Waals surface area (Å²) in [6.07, 6.45) is 17.4. The van der Waals surface area contributed by atoms with Gasteiger partial charge in [0.1, 0.15) is 28.1 Å². The summed E-state index contributed by atoms with van der Waals surface area (Å²) in [7, 11) is 6.12. The molecule has 0 unspecified atom stereocenters. The van der Waals surface area contributed by atoms with E-state index in [1.54, 1.807) is 75.4 Å². The van der Waals surface area contributed by atoms with E-state index in [2.05, 4.69) is 40.1 Å². The number of aliphatic hydroxyl groups excluding tert-OH is 2. The lowest BCUT2D eigenvalue weighted by Gasteiger charge is -2.34. The van der Waals surface area contributed by atoms with Crippen LogP contribution < -0.4 is 5.32 Å². The zero-order valence-electron chi connectivity index (χ0n) is 62.1. The van der Waals surface area contributed by atoms with Gasteiger partial charge in [-0.05, 0) is 191 Å². The maximum absolute atomic E-state index is 12.0. The Hall–Kier alpha value is -7.93. The van der Waals surface area contributed by atoms with Gasteiger partial charge in [0, 0.05) is 97.6 Å². The number of piperidine rings is 5. The van der Waals surface area contributed by atoms with Crippen LogP contribution in [0.25, 0.3) is 0 Å². The summed E-state index contributed by atoms with van der Waals surface area (Å²) in [6, 6.07) is 8.68. The molecule has 6 aliphatic rings. The zero-order valence-corrected chi connectivity index (χ0v) is 62.1. The number of hydrogen-bond acceptors (Lipinski definition) is 22. The molecule has 4 aromatic rings. The second-order valence-electron chi connectivity index (χ2n) is 28.9. The molecule has 30 nitrogen and oxygen atoms in total. The molecule has 0 radical (unpaired) electrons. The fourth-order valence-corrected chi connectivity index (χ4v) is 11.4. The van der Waals surface area contributed by atoms with Crippen LogP contribution >= 0.6 is 0 Å². The highest BCUT2D eigenvalue weighted by molar-refractivity contribution is 5.96. The number of methoxy groups -OCH3 is 4. The predicted octanol–water partition coefficient (Wildman–Crippen LogP) is 9.29.